The predicted molar refractivity (Wildman–Crippen MR) is 131 cm³/mol. The van der Waals surface area contributed by atoms with Crippen LogP contribution in [0.15, 0.2) is 66.7 Å². The van der Waals surface area contributed by atoms with Crippen LogP contribution in [0.3, 0.4) is 0 Å². The Morgan fingerprint density at radius 2 is 1.61 bits per heavy atom. The Labute approximate surface area is 206 Å². The van der Waals surface area contributed by atoms with E-state index in [0.717, 1.165) is 18.5 Å². The standard InChI is InChI=1S/C25H19Cl3N4O/c26-17-5-8-20(9-6-17)32-25(21-10-7-18(27)13-22(21)28)30-23(31-32)14-24(33)29-19-11-15-3-1-2-4-16(15)12-19/h1-10,13,19H,11-12,14H2,(H,29,33). The number of benzene rings is 3. The monoisotopic (exact) mass is 496 g/mol. The molecule has 0 unspecified atom stereocenters. The second-order valence-corrected chi connectivity index (χ2v) is 9.26. The minimum atomic E-state index is -0.116. The molecule has 8 heteroatoms. The Kier molecular flexibility index (Phi) is 6.11. The van der Waals surface area contributed by atoms with Gasteiger partial charge in [-0.05, 0) is 66.4 Å². The van der Waals surface area contributed by atoms with Crippen molar-refractivity contribution < 1.29 is 4.79 Å². The summed E-state index contributed by atoms with van der Waals surface area (Å²) in [6.07, 6.45) is 1.73. The predicted octanol–water partition coefficient (Wildman–Crippen LogP) is 5.72. The second kappa shape index (κ2) is 9.18. The second-order valence-electron chi connectivity index (χ2n) is 7.98. The van der Waals surface area contributed by atoms with Gasteiger partial charge in [0.2, 0.25) is 5.91 Å². The summed E-state index contributed by atoms with van der Waals surface area (Å²) in [6, 6.07) is 20.8. The van der Waals surface area contributed by atoms with Crippen molar-refractivity contribution in [3.63, 3.8) is 0 Å². The van der Waals surface area contributed by atoms with E-state index in [1.165, 1.54) is 11.1 Å². The SMILES string of the molecule is O=C(Cc1nc(-c2ccc(Cl)cc2Cl)n(-c2ccc(Cl)cc2)n1)NC1Cc2ccccc2C1. The maximum Gasteiger partial charge on any atom is 0.227 e. The number of nitrogens with zero attached hydrogens (tertiary/aromatic N) is 3. The number of carbonyl (C=O) groups is 1. The van der Waals surface area contributed by atoms with Gasteiger partial charge >= 0.3 is 0 Å². The molecule has 5 nitrogen and oxygen atoms in total. The van der Waals surface area contributed by atoms with Gasteiger partial charge in [0, 0.05) is 21.7 Å². The van der Waals surface area contributed by atoms with Crippen LogP contribution in [0.1, 0.15) is 17.0 Å². The molecule has 0 spiro atoms. The lowest BCUT2D eigenvalue weighted by Gasteiger charge is -2.10. The van der Waals surface area contributed by atoms with E-state index in [2.05, 4.69) is 27.5 Å². The third kappa shape index (κ3) is 4.76. The number of carbonyl (C=O) groups excluding carboxylic acids is 1. The molecule has 0 radical (unpaired) electrons. The number of fused-ring (bicyclic) bond motifs is 1. The lowest BCUT2D eigenvalue weighted by Crippen LogP contribution is -2.36. The van der Waals surface area contributed by atoms with Crippen molar-refractivity contribution in [2.24, 2.45) is 0 Å². The molecular formula is C25H19Cl3N4O. The van der Waals surface area contributed by atoms with E-state index in [0.29, 0.717) is 32.3 Å². The minimum absolute atomic E-state index is 0.0612. The van der Waals surface area contributed by atoms with Gasteiger partial charge in [0.05, 0.1) is 17.1 Å². The zero-order chi connectivity index (χ0) is 22.9. The largest absolute Gasteiger partial charge is 0.352 e. The molecule has 0 atom stereocenters. The van der Waals surface area contributed by atoms with E-state index >= 15 is 0 Å². The van der Waals surface area contributed by atoms with E-state index in [4.69, 9.17) is 34.8 Å². The average molecular weight is 498 g/mol. The molecule has 0 saturated carbocycles. The van der Waals surface area contributed by atoms with Crippen LogP contribution >= 0.6 is 34.8 Å². The van der Waals surface area contributed by atoms with Crippen molar-refractivity contribution in [3.8, 4) is 17.1 Å². The fourth-order valence-electron chi connectivity index (χ4n) is 4.12. The van der Waals surface area contributed by atoms with Crippen molar-refractivity contribution >= 4 is 40.7 Å². The number of aromatic nitrogens is 3. The summed E-state index contributed by atoms with van der Waals surface area (Å²) in [4.78, 5) is 17.5. The Hall–Kier alpha value is -2.86. The molecule has 1 aliphatic carbocycles. The van der Waals surface area contributed by atoms with Crippen LogP contribution in [-0.2, 0) is 24.1 Å². The van der Waals surface area contributed by atoms with Crippen LogP contribution in [0.2, 0.25) is 15.1 Å². The number of nitrogens with one attached hydrogen (secondary N) is 1. The summed E-state index contributed by atoms with van der Waals surface area (Å²) >= 11 is 18.6. The van der Waals surface area contributed by atoms with E-state index in [1.807, 2.05) is 24.3 Å². The number of hydrogen-bond donors (Lipinski definition) is 1. The molecule has 3 aromatic carbocycles. The maximum atomic E-state index is 12.8. The van der Waals surface area contributed by atoms with Gasteiger partial charge in [-0.1, -0.05) is 59.1 Å². The van der Waals surface area contributed by atoms with E-state index in [1.54, 1.807) is 35.0 Å². The molecule has 5 rings (SSSR count). The first-order valence-corrected chi connectivity index (χ1v) is 11.6. The summed E-state index contributed by atoms with van der Waals surface area (Å²) in [6.45, 7) is 0. The average Bonchev–Trinajstić information content (AvgIpc) is 3.37. The van der Waals surface area contributed by atoms with E-state index < -0.39 is 0 Å². The van der Waals surface area contributed by atoms with Gasteiger partial charge in [-0.2, -0.15) is 5.10 Å². The van der Waals surface area contributed by atoms with Gasteiger partial charge in [-0.3, -0.25) is 4.79 Å². The van der Waals surface area contributed by atoms with Crippen LogP contribution in [0, 0.1) is 0 Å². The highest BCUT2D eigenvalue weighted by Crippen LogP contribution is 2.31. The van der Waals surface area contributed by atoms with Crippen molar-refractivity contribution in [3.05, 3.63) is 98.7 Å². The number of rotatable bonds is 5. The number of amides is 1. The maximum absolute atomic E-state index is 12.8. The van der Waals surface area contributed by atoms with Crippen LogP contribution in [0.4, 0.5) is 0 Å². The molecule has 0 saturated heterocycles. The van der Waals surface area contributed by atoms with E-state index in [-0.39, 0.29) is 18.4 Å². The number of halogens is 3. The van der Waals surface area contributed by atoms with Crippen molar-refractivity contribution in [1.82, 2.24) is 20.1 Å². The molecular weight excluding hydrogens is 479 g/mol. The summed E-state index contributed by atoms with van der Waals surface area (Å²) in [5.41, 5.74) is 3.99. The van der Waals surface area contributed by atoms with Crippen molar-refractivity contribution in [2.75, 3.05) is 0 Å². The molecule has 1 N–H and O–H groups in total. The molecule has 1 aliphatic rings. The lowest BCUT2D eigenvalue weighted by molar-refractivity contribution is -0.121. The van der Waals surface area contributed by atoms with E-state index in [9.17, 15) is 4.79 Å². The first-order chi connectivity index (χ1) is 16.0. The highest BCUT2D eigenvalue weighted by Gasteiger charge is 2.24. The molecule has 1 amide bonds. The van der Waals surface area contributed by atoms with Gasteiger partial charge in [-0.15, -0.1) is 0 Å². The highest BCUT2D eigenvalue weighted by molar-refractivity contribution is 6.36. The van der Waals surface area contributed by atoms with Crippen LogP contribution in [0.5, 0.6) is 0 Å². The lowest BCUT2D eigenvalue weighted by atomic mass is 10.1. The van der Waals surface area contributed by atoms with Crippen LogP contribution in [-0.4, -0.2) is 26.7 Å². The smallest absolute Gasteiger partial charge is 0.227 e. The Balaban J connectivity index is 1.41. The topological polar surface area (TPSA) is 59.8 Å². The molecule has 0 fully saturated rings. The zero-order valence-electron chi connectivity index (χ0n) is 17.4. The Morgan fingerprint density at radius 1 is 0.939 bits per heavy atom. The van der Waals surface area contributed by atoms with Gasteiger partial charge in [0.15, 0.2) is 11.6 Å². The quantitative estimate of drug-likeness (QED) is 0.383. The van der Waals surface area contributed by atoms with Crippen molar-refractivity contribution in [2.45, 2.75) is 25.3 Å². The van der Waals surface area contributed by atoms with Gasteiger partial charge in [-0.25, -0.2) is 9.67 Å². The Bertz CT molecular complexity index is 1310. The third-order valence-electron chi connectivity index (χ3n) is 5.63. The van der Waals surface area contributed by atoms with Gasteiger partial charge in [0.1, 0.15) is 0 Å². The van der Waals surface area contributed by atoms with Crippen molar-refractivity contribution in [1.29, 1.82) is 0 Å². The first-order valence-electron chi connectivity index (χ1n) is 10.5. The fraction of sp³-hybridized carbons (Fsp3) is 0.160. The summed E-state index contributed by atoms with van der Waals surface area (Å²) in [5, 5.41) is 9.32. The zero-order valence-corrected chi connectivity index (χ0v) is 19.7. The number of hydrogen-bond acceptors (Lipinski definition) is 3. The summed E-state index contributed by atoms with van der Waals surface area (Å²) in [7, 11) is 0. The summed E-state index contributed by atoms with van der Waals surface area (Å²) in [5.74, 6) is 0.809. The molecule has 0 bridgehead atoms. The van der Waals surface area contributed by atoms with Gasteiger partial charge in [0.25, 0.3) is 0 Å². The molecule has 0 aliphatic heterocycles. The molecule has 1 heterocycles. The molecule has 1 aromatic heterocycles. The Morgan fingerprint density at radius 3 is 2.27 bits per heavy atom. The third-order valence-corrected chi connectivity index (χ3v) is 6.43. The summed E-state index contributed by atoms with van der Waals surface area (Å²) < 4.78 is 1.67. The normalized spacial score (nSPS) is 13.2. The first kappa shape index (κ1) is 22.0. The molecule has 4 aromatic rings. The van der Waals surface area contributed by atoms with Gasteiger partial charge < -0.3 is 5.32 Å². The fourth-order valence-corrected chi connectivity index (χ4v) is 4.74. The molecule has 33 heavy (non-hydrogen) atoms. The highest BCUT2D eigenvalue weighted by atomic mass is 35.5. The minimum Gasteiger partial charge on any atom is -0.352 e. The molecule has 166 valence electrons. The van der Waals surface area contributed by atoms with Crippen LogP contribution < -0.4 is 5.32 Å². The van der Waals surface area contributed by atoms with Crippen LogP contribution in [0.25, 0.3) is 17.1 Å².